The van der Waals surface area contributed by atoms with Gasteiger partial charge in [-0.3, -0.25) is 0 Å². The van der Waals surface area contributed by atoms with Crippen LogP contribution in [0, 0.1) is 13.8 Å². The predicted molar refractivity (Wildman–Crippen MR) is 65.9 cm³/mol. The fourth-order valence-corrected chi connectivity index (χ4v) is 2.33. The van der Waals surface area contributed by atoms with Crippen LogP contribution in [0.4, 0.5) is 0 Å². The lowest BCUT2D eigenvalue weighted by molar-refractivity contribution is -0.0143. The molecule has 17 heavy (non-hydrogen) atoms. The van der Waals surface area contributed by atoms with Gasteiger partial charge in [0, 0.05) is 18.7 Å². The van der Waals surface area contributed by atoms with Gasteiger partial charge in [-0.15, -0.1) is 0 Å². The molecule has 4 heteroatoms. The minimum atomic E-state index is 0.0510. The van der Waals surface area contributed by atoms with Crippen molar-refractivity contribution in [3.05, 3.63) is 17.0 Å². The molecule has 4 nitrogen and oxygen atoms in total. The molecular weight excluding hydrogens is 216 g/mol. The van der Waals surface area contributed by atoms with E-state index >= 15 is 0 Å². The Bertz CT molecular complexity index is 365. The van der Waals surface area contributed by atoms with Gasteiger partial charge in [-0.2, -0.15) is 0 Å². The largest absolute Gasteiger partial charge is 0.371 e. The summed E-state index contributed by atoms with van der Waals surface area (Å²) in [4.78, 5) is 0. The fourth-order valence-electron chi connectivity index (χ4n) is 2.33. The van der Waals surface area contributed by atoms with Gasteiger partial charge >= 0.3 is 0 Å². The van der Waals surface area contributed by atoms with Crippen molar-refractivity contribution in [3.8, 4) is 0 Å². The average Bonchev–Trinajstić information content (AvgIpc) is 2.74. The molecular formula is C13H22N2O2. The highest BCUT2D eigenvalue weighted by Crippen LogP contribution is 2.28. The monoisotopic (exact) mass is 238 g/mol. The zero-order chi connectivity index (χ0) is 12.5. The van der Waals surface area contributed by atoms with Crippen molar-refractivity contribution < 1.29 is 9.26 Å². The Morgan fingerprint density at radius 2 is 2.18 bits per heavy atom. The number of nitrogens with zero attached hydrogens (tertiary/aromatic N) is 1. The van der Waals surface area contributed by atoms with Crippen molar-refractivity contribution in [2.45, 2.75) is 58.8 Å². The maximum atomic E-state index is 5.93. The van der Waals surface area contributed by atoms with Crippen LogP contribution in [0.3, 0.4) is 0 Å². The molecule has 1 aromatic heterocycles. The quantitative estimate of drug-likeness (QED) is 0.874. The summed E-state index contributed by atoms with van der Waals surface area (Å²) in [7, 11) is 0. The van der Waals surface area contributed by atoms with Crippen molar-refractivity contribution in [1.29, 1.82) is 0 Å². The van der Waals surface area contributed by atoms with E-state index in [1.807, 2.05) is 13.8 Å². The lowest BCUT2D eigenvalue weighted by Gasteiger charge is -2.19. The number of aryl methyl sites for hydroxylation is 2. The summed E-state index contributed by atoms with van der Waals surface area (Å²) in [6.07, 6.45) is 2.62. The second-order valence-electron chi connectivity index (χ2n) is 5.47. The van der Waals surface area contributed by atoms with Crippen LogP contribution >= 0.6 is 0 Å². The summed E-state index contributed by atoms with van der Waals surface area (Å²) in [6.45, 7) is 9.94. The number of ether oxygens (including phenoxy) is 1. The molecule has 0 spiro atoms. The van der Waals surface area contributed by atoms with E-state index in [2.05, 4.69) is 24.3 Å². The minimum Gasteiger partial charge on any atom is -0.371 e. The molecule has 1 aliphatic rings. The normalized spacial score (nSPS) is 23.2. The molecule has 0 bridgehead atoms. The number of aromatic nitrogens is 1. The van der Waals surface area contributed by atoms with E-state index in [0.717, 1.165) is 37.4 Å². The molecule has 1 atom stereocenters. The van der Waals surface area contributed by atoms with E-state index in [1.54, 1.807) is 0 Å². The van der Waals surface area contributed by atoms with Crippen LogP contribution < -0.4 is 5.32 Å². The second kappa shape index (κ2) is 4.78. The minimum absolute atomic E-state index is 0.0510. The van der Waals surface area contributed by atoms with Crippen LogP contribution in [0.5, 0.6) is 0 Å². The van der Waals surface area contributed by atoms with E-state index in [4.69, 9.17) is 9.26 Å². The first-order chi connectivity index (χ1) is 7.98. The van der Waals surface area contributed by atoms with Gasteiger partial charge in [-0.1, -0.05) is 5.16 Å². The molecule has 0 saturated carbocycles. The van der Waals surface area contributed by atoms with Gasteiger partial charge in [0.2, 0.25) is 0 Å². The Labute approximate surface area is 103 Å². The van der Waals surface area contributed by atoms with Crippen molar-refractivity contribution in [3.63, 3.8) is 0 Å². The first kappa shape index (κ1) is 12.6. The Morgan fingerprint density at radius 1 is 1.41 bits per heavy atom. The average molecular weight is 238 g/mol. The summed E-state index contributed by atoms with van der Waals surface area (Å²) in [5, 5.41) is 7.37. The smallest absolute Gasteiger partial charge is 0.138 e. The molecule has 2 rings (SSSR count). The van der Waals surface area contributed by atoms with Gasteiger partial charge in [0.05, 0.1) is 17.4 Å². The van der Waals surface area contributed by atoms with E-state index in [1.165, 1.54) is 5.56 Å². The molecule has 0 amide bonds. The highest BCUT2D eigenvalue weighted by atomic mass is 16.5. The second-order valence-corrected chi connectivity index (χ2v) is 5.47. The van der Waals surface area contributed by atoms with Gasteiger partial charge in [-0.25, -0.2) is 0 Å². The summed E-state index contributed by atoms with van der Waals surface area (Å²) in [6, 6.07) is 0. The van der Waals surface area contributed by atoms with Gasteiger partial charge in [-0.05, 0) is 40.5 Å². The fraction of sp³-hybridized carbons (Fsp3) is 0.769. The van der Waals surface area contributed by atoms with Crippen LogP contribution in [-0.4, -0.2) is 23.4 Å². The van der Waals surface area contributed by atoms with Gasteiger partial charge < -0.3 is 14.6 Å². The maximum Gasteiger partial charge on any atom is 0.138 e. The SMILES string of the molecule is Cc1noc(C)c1CNCC1CCC(C)(C)O1. The Kier molecular flexibility index (Phi) is 3.54. The summed E-state index contributed by atoms with van der Waals surface area (Å²) >= 11 is 0. The number of nitrogens with one attached hydrogen (secondary N) is 1. The number of rotatable bonds is 4. The molecule has 0 radical (unpaired) electrons. The molecule has 1 unspecified atom stereocenters. The zero-order valence-electron chi connectivity index (χ0n) is 11.2. The third kappa shape index (κ3) is 3.07. The summed E-state index contributed by atoms with van der Waals surface area (Å²) in [5.74, 6) is 0.905. The standard InChI is InChI=1S/C13H22N2O2/c1-9-12(10(2)17-15-9)8-14-7-11-5-6-13(3,4)16-11/h11,14H,5-8H2,1-4H3. The van der Waals surface area contributed by atoms with Crippen LogP contribution in [0.25, 0.3) is 0 Å². The summed E-state index contributed by atoms with van der Waals surface area (Å²) in [5.41, 5.74) is 2.19. The third-order valence-electron chi connectivity index (χ3n) is 3.41. The zero-order valence-corrected chi connectivity index (χ0v) is 11.2. The molecule has 1 saturated heterocycles. The first-order valence-electron chi connectivity index (χ1n) is 6.28. The van der Waals surface area contributed by atoms with Crippen molar-refractivity contribution in [2.24, 2.45) is 0 Å². The molecule has 2 heterocycles. The van der Waals surface area contributed by atoms with Crippen molar-refractivity contribution in [2.75, 3.05) is 6.54 Å². The van der Waals surface area contributed by atoms with Gasteiger partial charge in [0.1, 0.15) is 5.76 Å². The summed E-state index contributed by atoms with van der Waals surface area (Å²) < 4.78 is 11.1. The van der Waals surface area contributed by atoms with Crippen molar-refractivity contribution in [1.82, 2.24) is 10.5 Å². The van der Waals surface area contributed by atoms with Crippen LogP contribution in [0.1, 0.15) is 43.7 Å². The topological polar surface area (TPSA) is 47.3 Å². The van der Waals surface area contributed by atoms with E-state index in [9.17, 15) is 0 Å². The first-order valence-corrected chi connectivity index (χ1v) is 6.28. The maximum absolute atomic E-state index is 5.93. The Balaban J connectivity index is 1.77. The van der Waals surface area contributed by atoms with Crippen LogP contribution in [-0.2, 0) is 11.3 Å². The lowest BCUT2D eigenvalue weighted by atomic mass is 10.1. The lowest BCUT2D eigenvalue weighted by Crippen LogP contribution is -2.29. The van der Waals surface area contributed by atoms with Gasteiger partial charge in [0.15, 0.2) is 0 Å². The van der Waals surface area contributed by atoms with E-state index in [-0.39, 0.29) is 5.60 Å². The predicted octanol–water partition coefficient (Wildman–Crippen LogP) is 2.34. The number of hydrogen-bond acceptors (Lipinski definition) is 4. The Hall–Kier alpha value is -0.870. The van der Waals surface area contributed by atoms with E-state index in [0.29, 0.717) is 6.10 Å². The molecule has 1 aliphatic heterocycles. The van der Waals surface area contributed by atoms with Crippen LogP contribution in [0.15, 0.2) is 4.52 Å². The molecule has 1 fully saturated rings. The molecule has 1 aromatic rings. The Morgan fingerprint density at radius 3 is 2.71 bits per heavy atom. The van der Waals surface area contributed by atoms with Crippen molar-refractivity contribution >= 4 is 0 Å². The highest BCUT2D eigenvalue weighted by Gasteiger charge is 2.31. The van der Waals surface area contributed by atoms with Gasteiger partial charge in [0.25, 0.3) is 0 Å². The molecule has 1 N–H and O–H groups in total. The number of hydrogen-bond donors (Lipinski definition) is 1. The van der Waals surface area contributed by atoms with E-state index < -0.39 is 0 Å². The molecule has 0 aliphatic carbocycles. The van der Waals surface area contributed by atoms with Crippen LogP contribution in [0.2, 0.25) is 0 Å². The highest BCUT2D eigenvalue weighted by molar-refractivity contribution is 5.20. The molecule has 96 valence electrons. The third-order valence-corrected chi connectivity index (χ3v) is 3.41. The molecule has 0 aromatic carbocycles.